The Kier molecular flexibility index (Phi) is 8.66. The van der Waals surface area contributed by atoms with Crippen LogP contribution < -0.4 is 4.90 Å². The summed E-state index contributed by atoms with van der Waals surface area (Å²) in [6, 6.07) is 80.8. The van der Waals surface area contributed by atoms with Gasteiger partial charge in [0.25, 0.3) is 0 Å². The zero-order valence-electron chi connectivity index (χ0n) is 29.3. The van der Waals surface area contributed by atoms with E-state index in [1.807, 2.05) is 0 Å². The predicted molar refractivity (Wildman–Crippen MR) is 226 cm³/mol. The van der Waals surface area contributed by atoms with Crippen LogP contribution in [0.2, 0.25) is 0 Å². The standard InChI is InChI=1S/C52H37N/c1-4-12-38(13-5-1)41-22-29-48(30-23-41)53(49-31-24-42(25-32-49)39-14-6-2-7-15-39)50-33-26-43(27-34-50)46-28-35-51(52(37-46)44-17-8-3-9-18-44)47-21-20-40-16-10-11-19-45(40)36-47/h1-37H. The van der Waals surface area contributed by atoms with Gasteiger partial charge in [-0.1, -0.05) is 176 Å². The van der Waals surface area contributed by atoms with E-state index in [1.165, 1.54) is 66.4 Å². The smallest absolute Gasteiger partial charge is 0.0462 e. The molecule has 0 aliphatic heterocycles. The third kappa shape index (κ3) is 6.65. The van der Waals surface area contributed by atoms with Gasteiger partial charge in [-0.2, -0.15) is 0 Å². The minimum Gasteiger partial charge on any atom is -0.311 e. The molecule has 0 atom stereocenters. The van der Waals surface area contributed by atoms with Crippen LogP contribution in [0, 0.1) is 0 Å². The molecule has 0 spiro atoms. The Hall–Kier alpha value is -6.96. The highest BCUT2D eigenvalue weighted by molar-refractivity contribution is 5.93. The molecule has 0 amide bonds. The number of hydrogen-bond donors (Lipinski definition) is 0. The molecule has 53 heavy (non-hydrogen) atoms. The van der Waals surface area contributed by atoms with Gasteiger partial charge in [0.15, 0.2) is 0 Å². The van der Waals surface area contributed by atoms with Crippen molar-refractivity contribution in [1.29, 1.82) is 0 Å². The lowest BCUT2D eigenvalue weighted by Gasteiger charge is -2.26. The molecule has 9 rings (SSSR count). The van der Waals surface area contributed by atoms with Gasteiger partial charge in [0, 0.05) is 17.1 Å². The molecule has 0 bridgehead atoms. The van der Waals surface area contributed by atoms with Crippen LogP contribution in [0.4, 0.5) is 17.1 Å². The van der Waals surface area contributed by atoms with Crippen molar-refractivity contribution in [2.45, 2.75) is 0 Å². The van der Waals surface area contributed by atoms with Gasteiger partial charge in [-0.25, -0.2) is 0 Å². The molecule has 0 saturated heterocycles. The summed E-state index contributed by atoms with van der Waals surface area (Å²) in [5.74, 6) is 0. The quantitative estimate of drug-likeness (QED) is 0.155. The first-order valence-corrected chi connectivity index (χ1v) is 18.2. The second-order valence-electron chi connectivity index (χ2n) is 13.4. The van der Waals surface area contributed by atoms with E-state index in [1.54, 1.807) is 0 Å². The van der Waals surface area contributed by atoms with Crippen molar-refractivity contribution in [3.63, 3.8) is 0 Å². The monoisotopic (exact) mass is 675 g/mol. The van der Waals surface area contributed by atoms with Crippen molar-refractivity contribution < 1.29 is 0 Å². The summed E-state index contributed by atoms with van der Waals surface area (Å²) in [4.78, 5) is 2.34. The highest BCUT2D eigenvalue weighted by Crippen LogP contribution is 2.40. The molecule has 250 valence electrons. The molecule has 0 N–H and O–H groups in total. The van der Waals surface area contributed by atoms with Gasteiger partial charge in [-0.3, -0.25) is 0 Å². The Morgan fingerprint density at radius 1 is 0.208 bits per heavy atom. The third-order valence-corrected chi connectivity index (χ3v) is 10.1. The second kappa shape index (κ2) is 14.3. The molecule has 0 unspecified atom stereocenters. The Morgan fingerprint density at radius 3 is 1.09 bits per heavy atom. The molecule has 0 heterocycles. The zero-order valence-corrected chi connectivity index (χ0v) is 29.3. The highest BCUT2D eigenvalue weighted by Gasteiger charge is 2.15. The number of benzene rings is 9. The molecule has 0 fully saturated rings. The van der Waals surface area contributed by atoms with Crippen molar-refractivity contribution >= 4 is 27.8 Å². The first-order valence-electron chi connectivity index (χ1n) is 18.2. The van der Waals surface area contributed by atoms with E-state index in [9.17, 15) is 0 Å². The summed E-state index contributed by atoms with van der Waals surface area (Å²) in [5, 5.41) is 2.50. The molecular formula is C52H37N. The van der Waals surface area contributed by atoms with Crippen LogP contribution >= 0.6 is 0 Å². The highest BCUT2D eigenvalue weighted by atomic mass is 15.1. The molecule has 1 nitrogen and oxygen atoms in total. The number of anilines is 3. The zero-order chi connectivity index (χ0) is 35.4. The van der Waals surface area contributed by atoms with E-state index in [4.69, 9.17) is 0 Å². The molecule has 1 heteroatoms. The van der Waals surface area contributed by atoms with Gasteiger partial charge >= 0.3 is 0 Å². The summed E-state index contributed by atoms with van der Waals surface area (Å²) >= 11 is 0. The molecule has 0 aromatic heterocycles. The largest absolute Gasteiger partial charge is 0.311 e. The van der Waals surface area contributed by atoms with Crippen molar-refractivity contribution in [2.24, 2.45) is 0 Å². The number of fused-ring (bicyclic) bond motifs is 1. The lowest BCUT2D eigenvalue weighted by atomic mass is 9.90. The van der Waals surface area contributed by atoms with Crippen molar-refractivity contribution in [3.8, 4) is 55.6 Å². The van der Waals surface area contributed by atoms with Crippen molar-refractivity contribution in [2.75, 3.05) is 4.90 Å². The normalized spacial score (nSPS) is 11.0. The fourth-order valence-electron chi connectivity index (χ4n) is 7.31. The molecule has 0 saturated carbocycles. The maximum atomic E-state index is 2.34. The second-order valence-corrected chi connectivity index (χ2v) is 13.4. The van der Waals surface area contributed by atoms with Crippen LogP contribution in [0.1, 0.15) is 0 Å². The molecule has 0 radical (unpaired) electrons. The number of rotatable bonds is 8. The fraction of sp³-hybridized carbons (Fsp3) is 0. The Bertz CT molecular complexity index is 2530. The van der Waals surface area contributed by atoms with E-state index in [-0.39, 0.29) is 0 Å². The number of nitrogens with zero attached hydrogens (tertiary/aromatic N) is 1. The van der Waals surface area contributed by atoms with E-state index in [2.05, 4.69) is 229 Å². The summed E-state index contributed by atoms with van der Waals surface area (Å²) in [6.45, 7) is 0. The third-order valence-electron chi connectivity index (χ3n) is 10.1. The van der Waals surface area contributed by atoms with Gasteiger partial charge in [0.1, 0.15) is 0 Å². The van der Waals surface area contributed by atoms with Crippen LogP contribution in [0.5, 0.6) is 0 Å². The average Bonchev–Trinajstić information content (AvgIpc) is 3.25. The summed E-state index contributed by atoms with van der Waals surface area (Å²) in [7, 11) is 0. The van der Waals surface area contributed by atoms with Crippen LogP contribution in [0.25, 0.3) is 66.4 Å². The van der Waals surface area contributed by atoms with Crippen molar-refractivity contribution in [1.82, 2.24) is 0 Å². The lowest BCUT2D eigenvalue weighted by molar-refractivity contribution is 1.28. The topological polar surface area (TPSA) is 3.24 Å². The summed E-state index contributed by atoms with van der Waals surface area (Å²) in [6.07, 6.45) is 0. The SMILES string of the molecule is c1ccc(-c2ccc(N(c3ccc(-c4ccccc4)cc3)c3ccc(-c4ccc(-c5ccc6ccccc6c5)c(-c5ccccc5)c4)cc3)cc2)cc1. The van der Waals surface area contributed by atoms with E-state index < -0.39 is 0 Å². The van der Waals surface area contributed by atoms with Gasteiger partial charge in [0.2, 0.25) is 0 Å². The first-order chi connectivity index (χ1) is 26.3. The molecule has 9 aromatic carbocycles. The first kappa shape index (κ1) is 32.0. The number of hydrogen-bond acceptors (Lipinski definition) is 1. The Morgan fingerprint density at radius 2 is 0.585 bits per heavy atom. The Labute approximate surface area is 311 Å². The lowest BCUT2D eigenvalue weighted by Crippen LogP contribution is -2.09. The van der Waals surface area contributed by atoms with Gasteiger partial charge in [0.05, 0.1) is 0 Å². The minimum atomic E-state index is 1.10. The van der Waals surface area contributed by atoms with Gasteiger partial charge < -0.3 is 4.90 Å². The summed E-state index contributed by atoms with van der Waals surface area (Å²) < 4.78 is 0. The molecular weight excluding hydrogens is 639 g/mol. The average molecular weight is 676 g/mol. The van der Waals surface area contributed by atoms with E-state index in [0.29, 0.717) is 0 Å². The van der Waals surface area contributed by atoms with Gasteiger partial charge in [-0.15, -0.1) is 0 Å². The molecule has 9 aromatic rings. The van der Waals surface area contributed by atoms with Crippen LogP contribution in [-0.2, 0) is 0 Å². The minimum absolute atomic E-state index is 1.10. The van der Waals surface area contributed by atoms with Gasteiger partial charge in [-0.05, 0) is 115 Å². The van der Waals surface area contributed by atoms with Crippen LogP contribution in [0.15, 0.2) is 224 Å². The Balaban J connectivity index is 1.09. The summed E-state index contributed by atoms with van der Waals surface area (Å²) in [5.41, 5.74) is 15.4. The maximum absolute atomic E-state index is 2.34. The fourth-order valence-corrected chi connectivity index (χ4v) is 7.31. The maximum Gasteiger partial charge on any atom is 0.0462 e. The predicted octanol–water partition coefficient (Wildman–Crippen LogP) is 14.6. The van der Waals surface area contributed by atoms with E-state index >= 15 is 0 Å². The van der Waals surface area contributed by atoms with Crippen LogP contribution in [0.3, 0.4) is 0 Å². The van der Waals surface area contributed by atoms with Crippen LogP contribution in [-0.4, -0.2) is 0 Å². The molecule has 0 aliphatic carbocycles. The van der Waals surface area contributed by atoms with E-state index in [0.717, 1.165) is 17.1 Å². The van der Waals surface area contributed by atoms with Crippen molar-refractivity contribution in [3.05, 3.63) is 224 Å². The molecule has 0 aliphatic rings.